The van der Waals surface area contributed by atoms with Crippen LogP contribution < -0.4 is 5.32 Å². The van der Waals surface area contributed by atoms with Gasteiger partial charge in [0.1, 0.15) is 17.2 Å². The van der Waals surface area contributed by atoms with Gasteiger partial charge in [0.05, 0.1) is 12.1 Å². The quantitative estimate of drug-likeness (QED) is 0.783. The van der Waals surface area contributed by atoms with E-state index >= 15 is 0 Å². The SMILES string of the molecule is Cc1nonc1CC(=O)N1CCC(c2cc3n(n2)[C@@H](C(F)(F)F)C[C@@H](C(C)C)N3)CC1. The normalized spacial score (nSPS) is 22.5. The van der Waals surface area contributed by atoms with Gasteiger partial charge in [-0.05, 0) is 32.1 Å². The van der Waals surface area contributed by atoms with Crippen molar-refractivity contribution in [2.45, 2.75) is 70.6 Å². The maximum atomic E-state index is 13.7. The van der Waals surface area contributed by atoms with Crippen molar-refractivity contribution in [1.29, 1.82) is 0 Å². The fourth-order valence-electron chi connectivity index (χ4n) is 4.35. The number of carbonyl (C=O) groups is 1. The Hall–Kier alpha value is -2.59. The molecular formula is C20H27F3N6O2. The molecule has 0 unspecified atom stereocenters. The van der Waals surface area contributed by atoms with Crippen LogP contribution in [0.15, 0.2) is 10.7 Å². The number of halogens is 3. The highest BCUT2D eigenvalue weighted by Gasteiger charge is 2.47. The zero-order valence-electron chi connectivity index (χ0n) is 17.8. The Morgan fingerprint density at radius 3 is 2.58 bits per heavy atom. The molecule has 0 spiro atoms. The molecule has 11 heteroatoms. The predicted octanol–water partition coefficient (Wildman–Crippen LogP) is 3.47. The first-order valence-corrected chi connectivity index (χ1v) is 10.6. The van der Waals surface area contributed by atoms with E-state index in [0.717, 1.165) is 4.68 Å². The number of amides is 1. The van der Waals surface area contributed by atoms with Crippen LogP contribution in [-0.4, -0.2) is 56.2 Å². The van der Waals surface area contributed by atoms with E-state index in [1.165, 1.54) is 0 Å². The van der Waals surface area contributed by atoms with Crippen molar-refractivity contribution in [2.75, 3.05) is 18.4 Å². The van der Waals surface area contributed by atoms with Crippen LogP contribution in [0.4, 0.5) is 19.0 Å². The van der Waals surface area contributed by atoms with Crippen LogP contribution in [-0.2, 0) is 11.2 Å². The lowest BCUT2D eigenvalue weighted by molar-refractivity contribution is -0.174. The second-order valence-corrected chi connectivity index (χ2v) is 8.82. The Morgan fingerprint density at radius 1 is 1.29 bits per heavy atom. The number of rotatable bonds is 4. The second kappa shape index (κ2) is 8.16. The molecule has 4 heterocycles. The fourth-order valence-corrected chi connectivity index (χ4v) is 4.35. The smallest absolute Gasteiger partial charge is 0.367 e. The van der Waals surface area contributed by atoms with Gasteiger partial charge in [-0.25, -0.2) is 9.31 Å². The van der Waals surface area contributed by atoms with Crippen molar-refractivity contribution < 1.29 is 22.6 Å². The zero-order valence-corrected chi connectivity index (χ0v) is 17.8. The highest BCUT2D eigenvalue weighted by molar-refractivity contribution is 5.78. The summed E-state index contributed by atoms with van der Waals surface area (Å²) < 4.78 is 46.8. The molecule has 0 aromatic carbocycles. The molecule has 4 rings (SSSR count). The van der Waals surface area contributed by atoms with E-state index < -0.39 is 12.2 Å². The van der Waals surface area contributed by atoms with Crippen molar-refractivity contribution in [3.8, 4) is 0 Å². The Kier molecular flexibility index (Phi) is 5.69. The molecule has 2 atom stereocenters. The molecule has 0 bridgehead atoms. The molecule has 0 radical (unpaired) electrons. The average Bonchev–Trinajstić information content (AvgIpc) is 3.32. The first-order valence-electron chi connectivity index (χ1n) is 10.6. The Labute approximate surface area is 178 Å². The van der Waals surface area contributed by atoms with E-state index in [9.17, 15) is 18.0 Å². The lowest BCUT2D eigenvalue weighted by Crippen LogP contribution is -2.41. The van der Waals surface area contributed by atoms with Gasteiger partial charge in [-0.15, -0.1) is 0 Å². The van der Waals surface area contributed by atoms with Crippen LogP contribution in [0.1, 0.15) is 62.2 Å². The third-order valence-electron chi connectivity index (χ3n) is 6.37. The van der Waals surface area contributed by atoms with Crippen LogP contribution in [0, 0.1) is 12.8 Å². The van der Waals surface area contributed by atoms with Crippen LogP contribution in [0.2, 0.25) is 0 Å². The molecular weight excluding hydrogens is 413 g/mol. The lowest BCUT2D eigenvalue weighted by Gasteiger charge is -2.35. The first-order chi connectivity index (χ1) is 14.6. The van der Waals surface area contributed by atoms with Crippen molar-refractivity contribution in [3.63, 3.8) is 0 Å². The monoisotopic (exact) mass is 440 g/mol. The number of carbonyl (C=O) groups excluding carboxylic acids is 1. The van der Waals surface area contributed by atoms with Gasteiger partial charge < -0.3 is 10.2 Å². The molecule has 0 aliphatic carbocycles. The number of nitrogens with one attached hydrogen (secondary N) is 1. The van der Waals surface area contributed by atoms with Gasteiger partial charge in [-0.3, -0.25) is 4.79 Å². The third-order valence-corrected chi connectivity index (χ3v) is 6.37. The predicted molar refractivity (Wildman–Crippen MR) is 105 cm³/mol. The molecule has 2 aromatic rings. The van der Waals surface area contributed by atoms with E-state index in [2.05, 4.69) is 25.4 Å². The molecule has 1 fully saturated rings. The summed E-state index contributed by atoms with van der Waals surface area (Å²) in [6, 6.07) is -0.122. The Bertz CT molecular complexity index is 930. The summed E-state index contributed by atoms with van der Waals surface area (Å²) in [5.41, 5.74) is 1.78. The molecule has 1 N–H and O–H groups in total. The molecule has 1 saturated heterocycles. The number of hydrogen-bond acceptors (Lipinski definition) is 6. The summed E-state index contributed by atoms with van der Waals surface area (Å²) in [6.07, 6.45) is -2.94. The van der Waals surface area contributed by atoms with Crippen LogP contribution >= 0.6 is 0 Å². The van der Waals surface area contributed by atoms with Crippen LogP contribution in [0.5, 0.6) is 0 Å². The minimum absolute atomic E-state index is 0.0192. The number of piperidine rings is 1. The first kappa shape index (κ1) is 21.6. The highest BCUT2D eigenvalue weighted by Crippen LogP contribution is 2.42. The summed E-state index contributed by atoms with van der Waals surface area (Å²) in [6.45, 7) is 6.63. The Morgan fingerprint density at radius 2 is 2.00 bits per heavy atom. The number of aryl methyl sites for hydroxylation is 1. The standard InChI is InChI=1S/C20H27F3N6O2/c1-11(2)14-8-17(20(21,22)23)29-18(24-14)9-16(25-29)13-4-6-28(7-5-13)19(30)10-15-12(3)26-31-27-15/h9,11,13-14,17,24H,4-8,10H2,1-3H3/t14-,17+/m0/s1. The second-order valence-electron chi connectivity index (χ2n) is 8.82. The summed E-state index contributed by atoms with van der Waals surface area (Å²) in [4.78, 5) is 14.3. The van der Waals surface area contributed by atoms with Crippen LogP contribution in [0.25, 0.3) is 0 Å². The molecule has 170 valence electrons. The molecule has 2 aliphatic heterocycles. The molecule has 1 amide bonds. The fraction of sp³-hybridized carbons (Fsp3) is 0.700. The largest absolute Gasteiger partial charge is 0.410 e. The van der Waals surface area contributed by atoms with Gasteiger partial charge >= 0.3 is 6.18 Å². The van der Waals surface area contributed by atoms with E-state index in [1.54, 1.807) is 17.9 Å². The maximum absolute atomic E-state index is 13.7. The molecule has 2 aliphatic rings. The summed E-state index contributed by atoms with van der Waals surface area (Å²) in [5, 5.41) is 15.0. The number of alkyl halides is 3. The molecule has 0 saturated carbocycles. The number of anilines is 1. The third kappa shape index (κ3) is 4.40. The summed E-state index contributed by atoms with van der Waals surface area (Å²) >= 11 is 0. The molecule has 31 heavy (non-hydrogen) atoms. The minimum Gasteiger partial charge on any atom is -0.367 e. The zero-order chi connectivity index (χ0) is 22.3. The van der Waals surface area contributed by atoms with E-state index in [-0.39, 0.29) is 36.6 Å². The van der Waals surface area contributed by atoms with Crippen molar-refractivity contribution in [2.24, 2.45) is 5.92 Å². The van der Waals surface area contributed by atoms with Crippen molar-refractivity contribution in [1.82, 2.24) is 25.0 Å². The lowest BCUT2D eigenvalue weighted by atomic mass is 9.93. The Balaban J connectivity index is 1.44. The van der Waals surface area contributed by atoms with E-state index in [4.69, 9.17) is 0 Å². The topological polar surface area (TPSA) is 89.1 Å². The number of hydrogen-bond donors (Lipinski definition) is 1. The summed E-state index contributed by atoms with van der Waals surface area (Å²) in [7, 11) is 0. The maximum Gasteiger partial charge on any atom is 0.410 e. The number of nitrogens with zero attached hydrogens (tertiary/aromatic N) is 5. The summed E-state index contributed by atoms with van der Waals surface area (Å²) in [5.74, 6) is 0.468. The van der Waals surface area contributed by atoms with Gasteiger partial charge in [0.25, 0.3) is 0 Å². The van der Waals surface area contributed by atoms with Gasteiger partial charge in [0, 0.05) is 31.1 Å². The number of aromatic nitrogens is 4. The minimum atomic E-state index is -4.35. The van der Waals surface area contributed by atoms with Gasteiger partial charge in [-0.2, -0.15) is 18.3 Å². The molecule has 2 aromatic heterocycles. The number of fused-ring (bicyclic) bond motifs is 1. The molecule has 8 nitrogen and oxygen atoms in total. The average molecular weight is 440 g/mol. The van der Waals surface area contributed by atoms with E-state index in [0.29, 0.717) is 48.8 Å². The van der Waals surface area contributed by atoms with Crippen LogP contribution in [0.3, 0.4) is 0 Å². The highest BCUT2D eigenvalue weighted by atomic mass is 19.4. The van der Waals surface area contributed by atoms with Crippen molar-refractivity contribution in [3.05, 3.63) is 23.1 Å². The van der Waals surface area contributed by atoms with Gasteiger partial charge in [0.2, 0.25) is 5.91 Å². The van der Waals surface area contributed by atoms with Crippen molar-refractivity contribution >= 4 is 11.7 Å². The van der Waals surface area contributed by atoms with Gasteiger partial charge in [-0.1, -0.05) is 24.2 Å². The van der Waals surface area contributed by atoms with Gasteiger partial charge in [0.15, 0.2) is 6.04 Å². The van der Waals surface area contributed by atoms with E-state index in [1.807, 2.05) is 13.8 Å². The number of likely N-dealkylation sites (tertiary alicyclic amines) is 1.